The van der Waals surface area contributed by atoms with Crippen LogP contribution >= 0.6 is 11.8 Å². The average molecular weight is 658 g/mol. The zero-order chi connectivity index (χ0) is 33.1. The highest BCUT2D eigenvalue weighted by Gasteiger charge is 2.34. The third-order valence-corrected chi connectivity index (χ3v) is 10.4. The summed E-state index contributed by atoms with van der Waals surface area (Å²) < 4.78 is 29.6. The smallest absolute Gasteiger partial charge is 0.264 e. The number of anilines is 1. The Balaban J connectivity index is 1.78. The van der Waals surface area contributed by atoms with E-state index < -0.39 is 28.5 Å². The van der Waals surface area contributed by atoms with E-state index in [4.69, 9.17) is 0 Å². The van der Waals surface area contributed by atoms with Gasteiger partial charge in [0.2, 0.25) is 11.8 Å². The highest BCUT2D eigenvalue weighted by atomic mass is 32.2. The first-order valence-corrected chi connectivity index (χ1v) is 18.2. The summed E-state index contributed by atoms with van der Waals surface area (Å²) in [7, 11) is -4.15. The van der Waals surface area contributed by atoms with Crippen LogP contribution in [-0.4, -0.2) is 50.5 Å². The van der Waals surface area contributed by atoms with Gasteiger partial charge in [0.25, 0.3) is 10.0 Å². The van der Waals surface area contributed by atoms with Gasteiger partial charge in [-0.2, -0.15) is 0 Å². The van der Waals surface area contributed by atoms with Crippen LogP contribution in [0, 0.1) is 13.8 Å². The van der Waals surface area contributed by atoms with Crippen LogP contribution in [-0.2, 0) is 32.6 Å². The predicted octanol–water partition coefficient (Wildman–Crippen LogP) is 6.78. The number of unbranched alkanes of at least 4 members (excludes halogenated alkanes) is 1. The molecule has 0 heterocycles. The number of nitrogens with one attached hydrogen (secondary N) is 1. The molecule has 7 nitrogen and oxygen atoms in total. The maximum Gasteiger partial charge on any atom is 0.264 e. The van der Waals surface area contributed by atoms with Gasteiger partial charge in [-0.05, 0) is 74.0 Å². The Hall–Kier alpha value is -4.08. The Morgan fingerprint density at radius 2 is 1.41 bits per heavy atom. The van der Waals surface area contributed by atoms with E-state index in [1.807, 2.05) is 86.8 Å². The Morgan fingerprint density at radius 3 is 2.00 bits per heavy atom. The Labute approximate surface area is 278 Å². The topological polar surface area (TPSA) is 86.8 Å². The molecule has 0 saturated carbocycles. The molecule has 0 radical (unpaired) electrons. The van der Waals surface area contributed by atoms with Crippen LogP contribution in [0.3, 0.4) is 0 Å². The van der Waals surface area contributed by atoms with Crippen molar-refractivity contribution in [2.75, 3.05) is 23.7 Å². The van der Waals surface area contributed by atoms with Crippen LogP contribution in [0.2, 0.25) is 0 Å². The summed E-state index contributed by atoms with van der Waals surface area (Å²) in [4.78, 5) is 30.9. The van der Waals surface area contributed by atoms with Gasteiger partial charge in [0.15, 0.2) is 0 Å². The lowest BCUT2D eigenvalue weighted by molar-refractivity contribution is -0.140. The van der Waals surface area contributed by atoms with Crippen LogP contribution in [0.25, 0.3) is 0 Å². The molecule has 9 heteroatoms. The van der Waals surface area contributed by atoms with Gasteiger partial charge >= 0.3 is 0 Å². The Bertz CT molecular complexity index is 1680. The fourth-order valence-corrected chi connectivity index (χ4v) is 6.89. The van der Waals surface area contributed by atoms with E-state index in [1.54, 1.807) is 36.4 Å². The molecule has 46 heavy (non-hydrogen) atoms. The number of aryl methyl sites for hydroxylation is 2. The quantitative estimate of drug-likeness (QED) is 0.113. The second-order valence-corrected chi connectivity index (χ2v) is 14.1. The summed E-state index contributed by atoms with van der Waals surface area (Å²) in [5.41, 5.74) is 4.15. The minimum Gasteiger partial charge on any atom is -0.354 e. The first-order valence-electron chi connectivity index (χ1n) is 15.5. The monoisotopic (exact) mass is 657 g/mol. The molecule has 0 saturated heterocycles. The van der Waals surface area contributed by atoms with E-state index in [0.717, 1.165) is 44.3 Å². The van der Waals surface area contributed by atoms with Crippen molar-refractivity contribution in [3.05, 3.63) is 125 Å². The highest BCUT2D eigenvalue weighted by molar-refractivity contribution is 7.98. The molecule has 242 valence electrons. The van der Waals surface area contributed by atoms with Crippen molar-refractivity contribution in [1.29, 1.82) is 0 Å². The van der Waals surface area contributed by atoms with Gasteiger partial charge < -0.3 is 10.2 Å². The normalized spacial score (nSPS) is 11.9. The van der Waals surface area contributed by atoms with E-state index in [-0.39, 0.29) is 23.8 Å². The second-order valence-electron chi connectivity index (χ2n) is 11.4. The van der Waals surface area contributed by atoms with E-state index in [1.165, 1.54) is 16.7 Å². The number of thioether (sulfide) groups is 1. The second kappa shape index (κ2) is 16.5. The molecular formula is C37H43N3O4S2. The van der Waals surface area contributed by atoms with Crippen LogP contribution in [0.4, 0.5) is 5.69 Å². The summed E-state index contributed by atoms with van der Waals surface area (Å²) in [6.45, 7) is 6.11. The van der Waals surface area contributed by atoms with Crippen molar-refractivity contribution in [1.82, 2.24) is 10.2 Å². The van der Waals surface area contributed by atoms with Crippen LogP contribution in [0.15, 0.2) is 113 Å². The van der Waals surface area contributed by atoms with Gasteiger partial charge in [-0.3, -0.25) is 13.9 Å². The van der Waals surface area contributed by atoms with E-state index in [2.05, 4.69) is 12.2 Å². The molecule has 0 unspecified atom stereocenters. The number of hydrogen-bond acceptors (Lipinski definition) is 5. The number of sulfonamides is 1. The molecule has 4 rings (SSSR count). The van der Waals surface area contributed by atoms with Gasteiger partial charge in [0.1, 0.15) is 12.6 Å². The molecule has 0 aromatic heterocycles. The number of rotatable bonds is 15. The number of nitrogens with zero attached hydrogens (tertiary/aromatic N) is 2. The first-order chi connectivity index (χ1) is 22.1. The van der Waals surface area contributed by atoms with Gasteiger partial charge in [-0.15, -0.1) is 11.8 Å². The van der Waals surface area contributed by atoms with Gasteiger partial charge in [-0.1, -0.05) is 91.2 Å². The molecule has 0 aliphatic rings. The Morgan fingerprint density at radius 1 is 0.804 bits per heavy atom. The minimum atomic E-state index is -4.15. The molecule has 1 N–H and O–H groups in total. The molecule has 0 aliphatic carbocycles. The van der Waals surface area contributed by atoms with Crippen molar-refractivity contribution < 1.29 is 18.0 Å². The van der Waals surface area contributed by atoms with Crippen LogP contribution < -0.4 is 9.62 Å². The molecule has 0 fully saturated rings. The summed E-state index contributed by atoms with van der Waals surface area (Å²) >= 11 is 1.52. The molecule has 4 aromatic rings. The highest BCUT2D eigenvalue weighted by Crippen LogP contribution is 2.27. The molecule has 0 bridgehead atoms. The zero-order valence-corrected chi connectivity index (χ0v) is 28.6. The third-order valence-electron chi connectivity index (χ3n) is 7.82. The number of carbonyl (C=O) groups excluding carboxylic acids is 2. The van der Waals surface area contributed by atoms with Crippen molar-refractivity contribution >= 4 is 39.3 Å². The SMILES string of the molecule is CCCCNC(=O)[C@H](Cc1ccccc1)N(Cc1ccc(C)cc1)C(=O)CN(c1ccc(C)cc1)S(=O)(=O)c1ccc(SC)cc1. The van der Waals surface area contributed by atoms with Crippen molar-refractivity contribution in [2.24, 2.45) is 0 Å². The number of amides is 2. The minimum absolute atomic E-state index is 0.0851. The van der Waals surface area contributed by atoms with E-state index in [0.29, 0.717) is 12.2 Å². The maximum absolute atomic E-state index is 14.5. The van der Waals surface area contributed by atoms with Crippen LogP contribution in [0.1, 0.15) is 42.0 Å². The lowest BCUT2D eigenvalue weighted by atomic mass is 10.0. The number of benzene rings is 4. The zero-order valence-electron chi connectivity index (χ0n) is 27.0. The largest absolute Gasteiger partial charge is 0.354 e. The number of carbonyl (C=O) groups is 2. The summed E-state index contributed by atoms with van der Waals surface area (Å²) in [5.74, 6) is -0.743. The molecule has 0 spiro atoms. The Kier molecular flexibility index (Phi) is 12.5. The first kappa shape index (κ1) is 34.8. The summed E-state index contributed by atoms with van der Waals surface area (Å²) in [6.07, 6.45) is 3.93. The van der Waals surface area contributed by atoms with E-state index >= 15 is 0 Å². The fourth-order valence-electron chi connectivity index (χ4n) is 5.07. The lowest BCUT2D eigenvalue weighted by Crippen LogP contribution is -2.53. The molecular weight excluding hydrogens is 615 g/mol. The molecule has 0 aliphatic heterocycles. The molecule has 4 aromatic carbocycles. The van der Waals surface area contributed by atoms with E-state index in [9.17, 15) is 18.0 Å². The maximum atomic E-state index is 14.5. The third kappa shape index (κ3) is 9.23. The summed E-state index contributed by atoms with van der Waals surface area (Å²) in [6, 6.07) is 30.2. The fraction of sp³-hybridized carbons (Fsp3) is 0.297. The predicted molar refractivity (Wildman–Crippen MR) is 188 cm³/mol. The average Bonchev–Trinajstić information content (AvgIpc) is 3.07. The van der Waals surface area contributed by atoms with Crippen molar-refractivity contribution in [2.45, 2.75) is 62.4 Å². The lowest BCUT2D eigenvalue weighted by Gasteiger charge is -2.34. The van der Waals surface area contributed by atoms with Gasteiger partial charge in [0, 0.05) is 24.4 Å². The molecule has 1 atom stereocenters. The van der Waals surface area contributed by atoms with Crippen molar-refractivity contribution in [3.8, 4) is 0 Å². The summed E-state index contributed by atoms with van der Waals surface area (Å²) in [5, 5.41) is 3.03. The van der Waals surface area contributed by atoms with Gasteiger partial charge in [0.05, 0.1) is 10.6 Å². The van der Waals surface area contributed by atoms with Gasteiger partial charge in [-0.25, -0.2) is 8.42 Å². The number of hydrogen-bond donors (Lipinski definition) is 1. The molecule has 2 amide bonds. The van der Waals surface area contributed by atoms with Crippen LogP contribution in [0.5, 0.6) is 0 Å². The van der Waals surface area contributed by atoms with Crippen molar-refractivity contribution in [3.63, 3.8) is 0 Å². The standard InChI is InChI=1S/C37H43N3O4S2/c1-5-6-24-38-37(42)35(25-30-10-8-7-9-11-30)39(26-31-16-12-28(2)13-17-31)36(41)27-40(32-18-14-29(3)15-19-32)46(43,44)34-22-20-33(45-4)21-23-34/h7-23,35H,5-6,24-27H2,1-4H3,(H,38,42)/t35-/m0/s1.